The van der Waals surface area contributed by atoms with Crippen LogP contribution in [0.5, 0.6) is 0 Å². The summed E-state index contributed by atoms with van der Waals surface area (Å²) in [5.74, 6) is 0.359. The van der Waals surface area contributed by atoms with Gasteiger partial charge in [0.1, 0.15) is 5.78 Å². The molecule has 0 aliphatic heterocycles. The van der Waals surface area contributed by atoms with Crippen molar-refractivity contribution >= 4 is 5.78 Å². The maximum atomic E-state index is 12.0. The van der Waals surface area contributed by atoms with Crippen molar-refractivity contribution in [2.45, 2.75) is 38.5 Å². The number of nitrogens with one attached hydrogen (secondary N) is 1. The summed E-state index contributed by atoms with van der Waals surface area (Å²) in [7, 11) is 0. The molecule has 1 aromatic carbocycles. The van der Waals surface area contributed by atoms with Gasteiger partial charge in [0, 0.05) is 24.7 Å². The summed E-state index contributed by atoms with van der Waals surface area (Å²) in [5.41, 5.74) is 4.83. The average Bonchev–Trinajstić information content (AvgIpc) is 2.86. The van der Waals surface area contributed by atoms with Crippen molar-refractivity contribution in [3.63, 3.8) is 0 Å². The van der Waals surface area contributed by atoms with Gasteiger partial charge in [-0.3, -0.25) is 4.79 Å². The molecule has 2 bridgehead atoms. The van der Waals surface area contributed by atoms with Crippen LogP contribution in [-0.2, 0) is 17.6 Å². The van der Waals surface area contributed by atoms with Gasteiger partial charge < -0.3 is 4.98 Å². The summed E-state index contributed by atoms with van der Waals surface area (Å²) in [6.07, 6.45) is 7.67. The normalized spacial score (nSPS) is 16.3. The van der Waals surface area contributed by atoms with E-state index in [1.54, 1.807) is 0 Å². The van der Waals surface area contributed by atoms with Gasteiger partial charge >= 0.3 is 0 Å². The van der Waals surface area contributed by atoms with Gasteiger partial charge in [-0.2, -0.15) is 0 Å². The molecule has 0 amide bonds. The molecule has 2 nitrogen and oxygen atoms in total. The molecule has 1 aromatic heterocycles. The highest BCUT2D eigenvalue weighted by Crippen LogP contribution is 2.25. The molecule has 98 valence electrons. The topological polar surface area (TPSA) is 32.9 Å². The molecule has 0 spiro atoms. The predicted octanol–water partition coefficient (Wildman–Crippen LogP) is 3.91. The number of aryl methyl sites for hydroxylation is 1. The molecule has 0 saturated heterocycles. The predicted molar refractivity (Wildman–Crippen MR) is 77.1 cm³/mol. The van der Waals surface area contributed by atoms with Crippen LogP contribution in [0.15, 0.2) is 36.5 Å². The van der Waals surface area contributed by atoms with Crippen LogP contribution in [-0.4, -0.2) is 10.8 Å². The Morgan fingerprint density at radius 2 is 1.89 bits per heavy atom. The van der Waals surface area contributed by atoms with E-state index in [4.69, 9.17) is 0 Å². The van der Waals surface area contributed by atoms with Crippen molar-refractivity contribution in [2.75, 3.05) is 0 Å². The summed E-state index contributed by atoms with van der Waals surface area (Å²) in [6.45, 7) is 0. The Bertz CT molecular complexity index is 582. The lowest BCUT2D eigenvalue weighted by molar-refractivity contribution is -0.118. The minimum absolute atomic E-state index is 0.359. The zero-order chi connectivity index (χ0) is 13.1. The fourth-order valence-corrected chi connectivity index (χ4v) is 2.83. The Morgan fingerprint density at radius 3 is 2.84 bits per heavy atom. The summed E-state index contributed by atoms with van der Waals surface area (Å²) < 4.78 is 0. The molecule has 2 aromatic rings. The second kappa shape index (κ2) is 5.43. The van der Waals surface area contributed by atoms with Crippen molar-refractivity contribution in [3.8, 4) is 11.3 Å². The van der Waals surface area contributed by atoms with Gasteiger partial charge in [-0.1, -0.05) is 24.6 Å². The van der Waals surface area contributed by atoms with E-state index in [1.807, 2.05) is 12.3 Å². The van der Waals surface area contributed by atoms with Crippen molar-refractivity contribution in [3.05, 3.63) is 47.7 Å². The Hall–Kier alpha value is -1.83. The number of hydrogen-bond acceptors (Lipinski definition) is 1. The molecule has 0 atom stereocenters. The fourth-order valence-electron chi connectivity index (χ4n) is 2.83. The molecule has 0 unspecified atom stereocenters. The second-order valence-corrected chi connectivity index (χ2v) is 5.35. The Morgan fingerprint density at radius 1 is 1.00 bits per heavy atom. The number of ketones is 1. The zero-order valence-electron chi connectivity index (χ0n) is 11.1. The van der Waals surface area contributed by atoms with Crippen LogP contribution in [0.1, 0.15) is 36.8 Å². The molecule has 1 N–H and O–H groups in total. The monoisotopic (exact) mass is 253 g/mol. The SMILES string of the molecule is O=C1CCCCCc2cccc(c2)-c2[nH]ccc2C1. The smallest absolute Gasteiger partial charge is 0.137 e. The molecule has 1 aliphatic carbocycles. The average molecular weight is 253 g/mol. The van der Waals surface area contributed by atoms with Crippen LogP contribution < -0.4 is 0 Å². The van der Waals surface area contributed by atoms with Crippen LogP contribution in [0.4, 0.5) is 0 Å². The molecule has 1 heterocycles. The van der Waals surface area contributed by atoms with Crippen molar-refractivity contribution < 1.29 is 4.79 Å². The minimum Gasteiger partial charge on any atom is -0.361 e. The lowest BCUT2D eigenvalue weighted by Gasteiger charge is -2.09. The molecule has 0 saturated carbocycles. The molecule has 3 rings (SSSR count). The number of carbonyl (C=O) groups excluding carboxylic acids is 1. The molecule has 0 fully saturated rings. The van der Waals surface area contributed by atoms with Gasteiger partial charge in [-0.25, -0.2) is 0 Å². The largest absolute Gasteiger partial charge is 0.361 e. The first-order valence-electron chi connectivity index (χ1n) is 7.10. The van der Waals surface area contributed by atoms with Crippen LogP contribution in [0.3, 0.4) is 0 Å². The quantitative estimate of drug-likeness (QED) is 0.758. The van der Waals surface area contributed by atoms with Gasteiger partial charge in [0.2, 0.25) is 0 Å². The Labute approximate surface area is 113 Å². The van der Waals surface area contributed by atoms with Gasteiger partial charge in [0.25, 0.3) is 0 Å². The minimum atomic E-state index is 0.359. The van der Waals surface area contributed by atoms with Crippen molar-refractivity contribution in [1.29, 1.82) is 0 Å². The summed E-state index contributed by atoms with van der Waals surface area (Å²) in [5, 5.41) is 0. The number of Topliss-reactive ketones (excluding diaryl/α,β-unsaturated/α-hetero) is 1. The number of benzene rings is 1. The van der Waals surface area contributed by atoms with E-state index in [0.717, 1.165) is 36.9 Å². The fraction of sp³-hybridized carbons (Fsp3) is 0.353. The van der Waals surface area contributed by atoms with E-state index in [1.165, 1.54) is 17.5 Å². The van der Waals surface area contributed by atoms with E-state index >= 15 is 0 Å². The van der Waals surface area contributed by atoms with E-state index in [-0.39, 0.29) is 0 Å². The van der Waals surface area contributed by atoms with Crippen LogP contribution >= 0.6 is 0 Å². The molecular weight excluding hydrogens is 234 g/mol. The zero-order valence-corrected chi connectivity index (χ0v) is 11.1. The second-order valence-electron chi connectivity index (χ2n) is 5.35. The number of carbonyl (C=O) groups is 1. The van der Waals surface area contributed by atoms with Gasteiger partial charge in [-0.05, 0) is 48.1 Å². The standard InChI is InChI=1S/C17H19NO/c19-16-8-3-1-2-5-13-6-4-7-14(11-13)17-15(12-16)9-10-18-17/h4,6-7,9-11,18H,1-3,5,8,12H2. The van der Waals surface area contributed by atoms with Crippen LogP contribution in [0, 0.1) is 0 Å². The first-order chi connectivity index (χ1) is 9.33. The lowest BCUT2D eigenvalue weighted by atomic mass is 9.96. The van der Waals surface area contributed by atoms with Gasteiger partial charge in [-0.15, -0.1) is 0 Å². The van der Waals surface area contributed by atoms with E-state index in [0.29, 0.717) is 12.2 Å². The van der Waals surface area contributed by atoms with Gasteiger partial charge in [0.15, 0.2) is 0 Å². The maximum Gasteiger partial charge on any atom is 0.137 e. The summed E-state index contributed by atoms with van der Waals surface area (Å²) >= 11 is 0. The highest BCUT2D eigenvalue weighted by atomic mass is 16.1. The van der Waals surface area contributed by atoms with Crippen LogP contribution in [0.2, 0.25) is 0 Å². The first-order valence-corrected chi connectivity index (χ1v) is 7.10. The number of hydrogen-bond donors (Lipinski definition) is 1. The van der Waals surface area contributed by atoms with E-state index in [2.05, 4.69) is 29.2 Å². The summed E-state index contributed by atoms with van der Waals surface area (Å²) in [6, 6.07) is 10.7. The number of fused-ring (bicyclic) bond motifs is 4. The maximum absolute atomic E-state index is 12.0. The number of H-pyrrole nitrogens is 1. The Kier molecular flexibility index (Phi) is 3.49. The molecule has 2 heteroatoms. The highest BCUT2D eigenvalue weighted by Gasteiger charge is 2.12. The number of aromatic amines is 1. The van der Waals surface area contributed by atoms with E-state index < -0.39 is 0 Å². The Balaban J connectivity index is 2.01. The molecule has 0 radical (unpaired) electrons. The third-order valence-electron chi connectivity index (χ3n) is 3.86. The van der Waals surface area contributed by atoms with Crippen molar-refractivity contribution in [1.82, 2.24) is 4.98 Å². The molecular formula is C17H19NO. The summed E-state index contributed by atoms with van der Waals surface area (Å²) in [4.78, 5) is 15.3. The highest BCUT2D eigenvalue weighted by molar-refractivity contribution is 5.83. The van der Waals surface area contributed by atoms with Crippen molar-refractivity contribution in [2.24, 2.45) is 0 Å². The third kappa shape index (κ3) is 2.78. The van der Waals surface area contributed by atoms with Gasteiger partial charge in [0.05, 0.1) is 0 Å². The first kappa shape index (κ1) is 12.2. The number of aromatic nitrogens is 1. The van der Waals surface area contributed by atoms with Crippen LogP contribution in [0.25, 0.3) is 11.3 Å². The molecule has 1 aliphatic rings. The van der Waals surface area contributed by atoms with E-state index in [9.17, 15) is 4.79 Å². The lowest BCUT2D eigenvalue weighted by Crippen LogP contribution is -2.04. The molecule has 19 heavy (non-hydrogen) atoms. The third-order valence-corrected chi connectivity index (χ3v) is 3.86. The number of rotatable bonds is 0.